The fourth-order valence-electron chi connectivity index (χ4n) is 8.83. The molecule has 3 saturated carbocycles. The lowest BCUT2D eigenvalue weighted by atomic mass is 9.44. The number of halogens is 1. The largest absolute Gasteiger partial charge is 0.459 e. The minimum absolute atomic E-state index is 0.0224. The predicted octanol–water partition coefficient (Wildman–Crippen LogP) is 5.95. The van der Waals surface area contributed by atoms with Gasteiger partial charge in [0.05, 0.1) is 0 Å². The zero-order chi connectivity index (χ0) is 31.8. The number of carbonyl (C=O) groups is 5. The van der Waals surface area contributed by atoms with E-state index in [1.807, 2.05) is 20.8 Å². The molecule has 0 aromatic carbocycles. The van der Waals surface area contributed by atoms with Crippen molar-refractivity contribution < 1.29 is 42.6 Å². The first kappa shape index (κ1) is 33.1. The molecule has 0 bridgehead atoms. The molecule has 0 amide bonds. The van der Waals surface area contributed by atoms with Crippen LogP contribution in [0.1, 0.15) is 106 Å². The first-order valence-corrected chi connectivity index (χ1v) is 16.0. The molecule has 0 aromatic rings. The molecule has 9 heteroatoms. The first-order chi connectivity index (χ1) is 20.2. The Morgan fingerprint density at radius 1 is 1.00 bits per heavy atom. The fourth-order valence-corrected chi connectivity index (χ4v) is 8.83. The van der Waals surface area contributed by atoms with E-state index in [1.54, 1.807) is 26.8 Å². The monoisotopic (exact) mass is 602 g/mol. The minimum Gasteiger partial charge on any atom is -0.459 e. The molecule has 3 fully saturated rings. The number of ketones is 2. The summed E-state index contributed by atoms with van der Waals surface area (Å²) in [7, 11) is 0. The van der Waals surface area contributed by atoms with E-state index < -0.39 is 76.3 Å². The maximum Gasteiger partial charge on any atom is 0.306 e. The third kappa shape index (κ3) is 5.18. The minimum atomic E-state index is -2.07. The maximum atomic E-state index is 18.4. The van der Waals surface area contributed by atoms with Crippen LogP contribution in [0.15, 0.2) is 23.8 Å². The van der Waals surface area contributed by atoms with Gasteiger partial charge in [-0.2, -0.15) is 0 Å². The Kier molecular flexibility index (Phi) is 9.44. The molecule has 8 nitrogen and oxygen atoms in total. The highest BCUT2D eigenvalue weighted by molar-refractivity contribution is 6.01. The Morgan fingerprint density at radius 2 is 1.70 bits per heavy atom. The van der Waals surface area contributed by atoms with E-state index in [2.05, 4.69) is 0 Å². The van der Waals surface area contributed by atoms with Crippen LogP contribution in [0.2, 0.25) is 0 Å². The summed E-state index contributed by atoms with van der Waals surface area (Å²) in [4.78, 5) is 64.7. The fraction of sp³-hybridized carbons (Fsp3) is 0.735. The van der Waals surface area contributed by atoms with Crippen molar-refractivity contribution in [3.63, 3.8) is 0 Å². The quantitative estimate of drug-likeness (QED) is 0.162. The molecule has 4 aliphatic carbocycles. The summed E-state index contributed by atoms with van der Waals surface area (Å²) in [5.41, 5.74) is -5.42. The molecule has 0 aromatic heterocycles. The second-order valence-corrected chi connectivity index (χ2v) is 13.3. The number of fused-ring (bicyclic) bond motifs is 5. The summed E-state index contributed by atoms with van der Waals surface area (Å²) in [6.45, 7) is 10.1. The van der Waals surface area contributed by atoms with E-state index in [4.69, 9.17) is 14.2 Å². The van der Waals surface area contributed by atoms with Gasteiger partial charge >= 0.3 is 17.9 Å². The summed E-state index contributed by atoms with van der Waals surface area (Å²) >= 11 is 0. The van der Waals surface area contributed by atoms with Gasteiger partial charge in [-0.15, -0.1) is 0 Å². The van der Waals surface area contributed by atoms with E-state index in [-0.39, 0.29) is 31.5 Å². The van der Waals surface area contributed by atoms with Crippen molar-refractivity contribution in [3.05, 3.63) is 23.8 Å². The number of carbonyl (C=O) groups excluding carboxylic acids is 5. The highest BCUT2D eigenvalue weighted by atomic mass is 19.1. The van der Waals surface area contributed by atoms with Crippen LogP contribution in [-0.2, 0) is 38.2 Å². The zero-order valence-corrected chi connectivity index (χ0v) is 26.5. The van der Waals surface area contributed by atoms with Crippen LogP contribution < -0.4 is 0 Å². The van der Waals surface area contributed by atoms with Crippen LogP contribution in [0.25, 0.3) is 0 Å². The van der Waals surface area contributed by atoms with Gasteiger partial charge in [0.15, 0.2) is 23.7 Å². The van der Waals surface area contributed by atoms with Gasteiger partial charge in [-0.1, -0.05) is 59.1 Å². The molecule has 238 valence electrons. The number of hydrogen-bond donors (Lipinski definition) is 0. The molecule has 8 atom stereocenters. The Balaban J connectivity index is 1.85. The lowest BCUT2D eigenvalue weighted by Crippen LogP contribution is -2.70. The van der Waals surface area contributed by atoms with Gasteiger partial charge in [0.1, 0.15) is 6.10 Å². The number of alkyl halides is 1. The SMILES string of the molecule is CCCCCC(=O)OC1CC2(C)C(CC(C)C2(OC(=O)CC)C(=O)COC(=O)CC)C2CCC3=CC(=O)C=CC3(C)C12F. The summed E-state index contributed by atoms with van der Waals surface area (Å²) < 4.78 is 35.8. The van der Waals surface area contributed by atoms with Crippen molar-refractivity contribution in [1.82, 2.24) is 0 Å². The van der Waals surface area contributed by atoms with Crippen LogP contribution in [-0.4, -0.2) is 53.5 Å². The van der Waals surface area contributed by atoms with Gasteiger partial charge in [0.2, 0.25) is 5.78 Å². The Hall–Kier alpha value is -2.84. The van der Waals surface area contributed by atoms with Crippen molar-refractivity contribution in [1.29, 1.82) is 0 Å². The van der Waals surface area contributed by atoms with Crippen LogP contribution in [0.4, 0.5) is 4.39 Å². The van der Waals surface area contributed by atoms with Crippen molar-refractivity contribution in [2.45, 2.75) is 123 Å². The Bertz CT molecular complexity index is 1220. The Labute approximate surface area is 254 Å². The average molecular weight is 603 g/mol. The number of rotatable bonds is 11. The normalized spacial score (nSPS) is 37.8. The number of hydrogen-bond acceptors (Lipinski definition) is 8. The molecule has 0 N–H and O–H groups in total. The summed E-state index contributed by atoms with van der Waals surface area (Å²) in [5, 5.41) is 0. The van der Waals surface area contributed by atoms with Crippen LogP contribution in [0.5, 0.6) is 0 Å². The first-order valence-electron chi connectivity index (χ1n) is 16.0. The number of allylic oxidation sites excluding steroid dienone is 4. The van der Waals surface area contributed by atoms with Gasteiger partial charge in [0, 0.05) is 41.9 Å². The van der Waals surface area contributed by atoms with E-state index in [0.717, 1.165) is 12.8 Å². The second-order valence-electron chi connectivity index (χ2n) is 13.3. The number of esters is 3. The lowest BCUT2D eigenvalue weighted by Gasteiger charge is -2.63. The molecular formula is C34H47FO8. The molecule has 0 heterocycles. The van der Waals surface area contributed by atoms with E-state index >= 15 is 4.39 Å². The molecule has 0 radical (unpaired) electrons. The van der Waals surface area contributed by atoms with Crippen LogP contribution in [0.3, 0.4) is 0 Å². The number of unbranched alkanes of at least 4 members (excludes halogenated alkanes) is 2. The lowest BCUT2D eigenvalue weighted by molar-refractivity contribution is -0.236. The third-order valence-electron chi connectivity index (χ3n) is 11.0. The van der Waals surface area contributed by atoms with Gasteiger partial charge in [-0.25, -0.2) is 4.39 Å². The standard InChI is InChI=1S/C34H47FO8/c1-7-10-11-12-30(40)42-27-19-32(6)25(24-14-13-22-18-23(36)15-16-31(22,5)33(24,27)35)17-21(4)34(32,43-29(39)9-3)26(37)20-41-28(38)8-2/h15-16,18,21,24-25,27H,7-14,17,19-20H2,1-6H3. The molecule has 4 rings (SSSR count). The van der Waals surface area contributed by atoms with E-state index in [0.29, 0.717) is 31.3 Å². The molecule has 43 heavy (non-hydrogen) atoms. The van der Waals surface area contributed by atoms with Gasteiger partial charge in [0.25, 0.3) is 0 Å². The van der Waals surface area contributed by atoms with Gasteiger partial charge < -0.3 is 14.2 Å². The predicted molar refractivity (Wildman–Crippen MR) is 156 cm³/mol. The van der Waals surface area contributed by atoms with Crippen molar-refractivity contribution in [2.75, 3.05) is 6.61 Å². The second kappa shape index (κ2) is 12.3. The van der Waals surface area contributed by atoms with Gasteiger partial charge in [-0.05, 0) is 57.1 Å². The number of ether oxygens (including phenoxy) is 3. The van der Waals surface area contributed by atoms with Crippen LogP contribution >= 0.6 is 0 Å². The average Bonchev–Trinajstić information content (AvgIpc) is 3.18. The molecule has 0 aliphatic heterocycles. The smallest absolute Gasteiger partial charge is 0.306 e. The molecule has 8 unspecified atom stereocenters. The Morgan fingerprint density at radius 3 is 2.35 bits per heavy atom. The van der Waals surface area contributed by atoms with Crippen LogP contribution in [0, 0.1) is 28.6 Å². The molecular weight excluding hydrogens is 555 g/mol. The van der Waals surface area contributed by atoms with Gasteiger partial charge in [-0.3, -0.25) is 24.0 Å². The zero-order valence-electron chi connectivity index (χ0n) is 26.5. The summed E-state index contributed by atoms with van der Waals surface area (Å²) in [5.74, 6) is -3.98. The van der Waals surface area contributed by atoms with Crippen molar-refractivity contribution in [3.8, 4) is 0 Å². The summed E-state index contributed by atoms with van der Waals surface area (Å²) in [6.07, 6.45) is 7.01. The van der Waals surface area contributed by atoms with E-state index in [1.165, 1.54) is 12.2 Å². The third-order valence-corrected chi connectivity index (χ3v) is 11.0. The van der Waals surface area contributed by atoms with E-state index in [9.17, 15) is 24.0 Å². The topological polar surface area (TPSA) is 113 Å². The summed E-state index contributed by atoms with van der Waals surface area (Å²) in [6, 6.07) is 0. The maximum absolute atomic E-state index is 18.4. The van der Waals surface area contributed by atoms with Crippen molar-refractivity contribution >= 4 is 29.5 Å². The highest BCUT2D eigenvalue weighted by Gasteiger charge is 2.78. The highest BCUT2D eigenvalue weighted by Crippen LogP contribution is 2.72. The molecule has 0 spiro atoms. The molecule has 0 saturated heterocycles. The molecule has 4 aliphatic rings. The van der Waals surface area contributed by atoms with Crippen molar-refractivity contribution in [2.24, 2.45) is 28.6 Å². The number of Topliss-reactive ketones (excluding diaryl/α,β-unsaturated/α-hetero) is 1.